The summed E-state index contributed by atoms with van der Waals surface area (Å²) in [6.07, 6.45) is 0.844. The minimum absolute atomic E-state index is 0.117. The normalized spacial score (nSPS) is 11.6. The molecule has 30 heavy (non-hydrogen) atoms. The molecule has 0 bridgehead atoms. The highest BCUT2D eigenvalue weighted by molar-refractivity contribution is 7.22. The van der Waals surface area contributed by atoms with Gasteiger partial charge in [0.05, 0.1) is 11.3 Å². The molecule has 1 aromatic carbocycles. The van der Waals surface area contributed by atoms with Crippen LogP contribution >= 0.6 is 11.3 Å². The molecule has 7 nitrogen and oxygen atoms in total. The van der Waals surface area contributed by atoms with Crippen molar-refractivity contribution in [2.24, 2.45) is 0 Å². The minimum Gasteiger partial charge on any atom is -0.492 e. The van der Waals surface area contributed by atoms with Gasteiger partial charge in [0.25, 0.3) is 5.91 Å². The van der Waals surface area contributed by atoms with E-state index in [2.05, 4.69) is 23.8 Å². The van der Waals surface area contributed by atoms with Crippen LogP contribution in [0.1, 0.15) is 49.4 Å². The van der Waals surface area contributed by atoms with E-state index in [-0.39, 0.29) is 11.9 Å². The summed E-state index contributed by atoms with van der Waals surface area (Å²) >= 11 is 1.51. The zero-order valence-corrected chi connectivity index (χ0v) is 19.5. The number of thiazole rings is 1. The van der Waals surface area contributed by atoms with Crippen molar-refractivity contribution < 1.29 is 9.53 Å². The summed E-state index contributed by atoms with van der Waals surface area (Å²) in [6, 6.07) is 7.95. The van der Waals surface area contributed by atoms with Gasteiger partial charge in [-0.2, -0.15) is 5.10 Å². The van der Waals surface area contributed by atoms with E-state index in [1.54, 1.807) is 4.90 Å². The first-order chi connectivity index (χ1) is 14.3. The van der Waals surface area contributed by atoms with Crippen molar-refractivity contribution in [3.63, 3.8) is 0 Å². The van der Waals surface area contributed by atoms with Crippen LogP contribution in [0.2, 0.25) is 0 Å². The molecular weight excluding hydrogens is 398 g/mol. The van der Waals surface area contributed by atoms with Gasteiger partial charge in [-0.1, -0.05) is 17.4 Å². The van der Waals surface area contributed by atoms with Crippen molar-refractivity contribution in [2.45, 2.75) is 40.2 Å². The maximum Gasteiger partial charge on any atom is 0.280 e. The van der Waals surface area contributed by atoms with Crippen LogP contribution in [0.5, 0.6) is 5.75 Å². The fourth-order valence-electron chi connectivity index (χ4n) is 3.38. The first-order valence-electron chi connectivity index (χ1n) is 10.4. The number of para-hydroxylation sites is 1. The molecule has 1 amide bonds. The van der Waals surface area contributed by atoms with E-state index in [1.807, 2.05) is 56.9 Å². The Balaban J connectivity index is 1.98. The second kappa shape index (κ2) is 9.57. The number of aryl methyl sites for hydroxylation is 1. The van der Waals surface area contributed by atoms with Gasteiger partial charge in [0.1, 0.15) is 11.3 Å². The smallest absolute Gasteiger partial charge is 0.280 e. The molecule has 3 aromatic rings. The number of hydrogen-bond acceptors (Lipinski definition) is 6. The minimum atomic E-state index is -0.117. The summed E-state index contributed by atoms with van der Waals surface area (Å²) in [5, 5.41) is 5.25. The highest BCUT2D eigenvalue weighted by Crippen LogP contribution is 2.35. The highest BCUT2D eigenvalue weighted by Gasteiger charge is 2.25. The van der Waals surface area contributed by atoms with E-state index in [4.69, 9.17) is 9.72 Å². The summed E-state index contributed by atoms with van der Waals surface area (Å²) in [7, 11) is 4.07. The Bertz CT molecular complexity index is 1010. The van der Waals surface area contributed by atoms with E-state index < -0.39 is 0 Å². The Labute approximate surface area is 182 Å². The molecule has 0 saturated carbocycles. The van der Waals surface area contributed by atoms with E-state index in [0.29, 0.717) is 24.0 Å². The van der Waals surface area contributed by atoms with Gasteiger partial charge in [0.15, 0.2) is 10.8 Å². The summed E-state index contributed by atoms with van der Waals surface area (Å²) in [5.41, 5.74) is 2.23. The van der Waals surface area contributed by atoms with Gasteiger partial charge < -0.3 is 9.64 Å². The Morgan fingerprint density at radius 2 is 2.03 bits per heavy atom. The third-order valence-corrected chi connectivity index (χ3v) is 5.81. The molecule has 0 N–H and O–H groups in total. The molecule has 0 radical (unpaired) electrons. The van der Waals surface area contributed by atoms with Gasteiger partial charge in [-0.25, -0.2) is 4.98 Å². The highest BCUT2D eigenvalue weighted by atomic mass is 32.1. The molecule has 0 aliphatic rings. The number of amides is 1. The van der Waals surface area contributed by atoms with Crippen LogP contribution in [0.15, 0.2) is 24.3 Å². The summed E-state index contributed by atoms with van der Waals surface area (Å²) < 4.78 is 8.62. The lowest BCUT2D eigenvalue weighted by Crippen LogP contribution is -2.33. The number of hydrogen-bond donors (Lipinski definition) is 0. The molecule has 0 fully saturated rings. The van der Waals surface area contributed by atoms with Gasteiger partial charge in [-0.15, -0.1) is 0 Å². The third kappa shape index (κ3) is 4.82. The standard InChI is InChI=1S/C22H31N5O2S/c1-7-29-18-10-8-11-19-20(18)23-22(30-19)26(13-9-12-25(5)6)21(28)17-14-16(4)27(24-17)15(2)3/h8,10-11,14-15H,7,9,12-13H2,1-6H3. The predicted molar refractivity (Wildman–Crippen MR) is 123 cm³/mol. The number of carbonyl (C=O) groups excluding carboxylic acids is 1. The van der Waals surface area contributed by atoms with E-state index in [9.17, 15) is 4.79 Å². The summed E-state index contributed by atoms with van der Waals surface area (Å²) in [4.78, 5) is 22.1. The van der Waals surface area contributed by atoms with E-state index in [0.717, 1.165) is 34.6 Å². The fourth-order valence-corrected chi connectivity index (χ4v) is 4.39. The zero-order valence-electron chi connectivity index (χ0n) is 18.7. The Morgan fingerprint density at radius 3 is 2.67 bits per heavy atom. The van der Waals surface area contributed by atoms with Gasteiger partial charge >= 0.3 is 0 Å². The second-order valence-corrected chi connectivity index (χ2v) is 8.86. The molecule has 3 rings (SSSR count). The first-order valence-corrected chi connectivity index (χ1v) is 11.2. The van der Waals surface area contributed by atoms with Crippen molar-refractivity contribution in [1.82, 2.24) is 19.7 Å². The molecule has 0 aliphatic carbocycles. The van der Waals surface area contributed by atoms with E-state index >= 15 is 0 Å². The third-order valence-electron chi connectivity index (χ3n) is 4.76. The number of carbonyl (C=O) groups is 1. The maximum atomic E-state index is 13.5. The molecule has 0 atom stereocenters. The largest absolute Gasteiger partial charge is 0.492 e. The van der Waals surface area contributed by atoms with Crippen molar-refractivity contribution >= 4 is 32.6 Å². The van der Waals surface area contributed by atoms with Gasteiger partial charge in [-0.3, -0.25) is 14.4 Å². The monoisotopic (exact) mass is 429 g/mol. The van der Waals surface area contributed by atoms with Gasteiger partial charge in [0, 0.05) is 18.3 Å². The quantitative estimate of drug-likeness (QED) is 0.505. The van der Waals surface area contributed by atoms with Crippen LogP contribution in [0.4, 0.5) is 5.13 Å². The number of fused-ring (bicyclic) bond motifs is 1. The number of anilines is 1. The van der Waals surface area contributed by atoms with Crippen LogP contribution in [-0.2, 0) is 0 Å². The summed E-state index contributed by atoms with van der Waals surface area (Å²) in [6.45, 7) is 10.1. The van der Waals surface area contributed by atoms with Gasteiger partial charge in [-0.05, 0) is 73.0 Å². The fraction of sp³-hybridized carbons (Fsp3) is 0.500. The molecule has 2 heterocycles. The zero-order chi connectivity index (χ0) is 21.8. The number of aromatic nitrogens is 3. The van der Waals surface area contributed by atoms with Gasteiger partial charge in [0.2, 0.25) is 0 Å². The van der Waals surface area contributed by atoms with E-state index in [1.165, 1.54) is 11.3 Å². The summed E-state index contributed by atoms with van der Waals surface area (Å²) in [5.74, 6) is 0.631. The molecule has 0 aliphatic heterocycles. The van der Waals surface area contributed by atoms with Crippen molar-refractivity contribution in [3.05, 3.63) is 35.7 Å². The lowest BCUT2D eigenvalue weighted by Gasteiger charge is -2.20. The molecule has 2 aromatic heterocycles. The average Bonchev–Trinajstić information content (AvgIpc) is 3.29. The van der Waals surface area contributed by atoms with Crippen molar-refractivity contribution in [3.8, 4) is 5.75 Å². The van der Waals surface area contributed by atoms with Crippen molar-refractivity contribution in [1.29, 1.82) is 0 Å². The van der Waals surface area contributed by atoms with Crippen molar-refractivity contribution in [2.75, 3.05) is 38.7 Å². The number of benzene rings is 1. The lowest BCUT2D eigenvalue weighted by atomic mass is 10.3. The van der Waals surface area contributed by atoms with Crippen LogP contribution in [0.3, 0.4) is 0 Å². The average molecular weight is 430 g/mol. The SMILES string of the molecule is CCOc1cccc2sc(N(CCCN(C)C)C(=O)c3cc(C)n(C(C)C)n3)nc12. The molecular formula is C22H31N5O2S. The molecule has 0 unspecified atom stereocenters. The molecule has 0 spiro atoms. The first kappa shape index (κ1) is 22.2. The second-order valence-electron chi connectivity index (χ2n) is 7.86. The Hall–Kier alpha value is -2.45. The number of nitrogens with zero attached hydrogens (tertiary/aromatic N) is 5. The lowest BCUT2D eigenvalue weighted by molar-refractivity contribution is 0.0980. The topological polar surface area (TPSA) is 63.5 Å². The predicted octanol–water partition coefficient (Wildman–Crippen LogP) is 4.38. The van der Waals surface area contributed by atoms with Crippen LogP contribution in [0.25, 0.3) is 10.2 Å². The Morgan fingerprint density at radius 1 is 1.27 bits per heavy atom. The van der Waals surface area contributed by atoms with Crippen LogP contribution in [0, 0.1) is 6.92 Å². The number of ether oxygens (including phenoxy) is 1. The van der Waals surface area contributed by atoms with Crippen LogP contribution in [-0.4, -0.2) is 59.4 Å². The molecule has 8 heteroatoms. The maximum absolute atomic E-state index is 13.5. The molecule has 162 valence electrons. The molecule has 0 saturated heterocycles. The van der Waals surface area contributed by atoms with Crippen LogP contribution < -0.4 is 9.64 Å². The Kier molecular flexibility index (Phi) is 7.10. The number of rotatable bonds is 9.